The van der Waals surface area contributed by atoms with Gasteiger partial charge >= 0.3 is 0 Å². The summed E-state index contributed by atoms with van der Waals surface area (Å²) in [5, 5.41) is 0. The molecular formula is C11H18O. The van der Waals surface area contributed by atoms with Crippen LogP contribution in [0.3, 0.4) is 0 Å². The van der Waals surface area contributed by atoms with Crippen molar-refractivity contribution in [2.24, 2.45) is 5.92 Å². The molecule has 0 bridgehead atoms. The zero-order valence-corrected chi connectivity index (χ0v) is 8.05. The molecule has 2 fully saturated rings. The first kappa shape index (κ1) is 8.31. The van der Waals surface area contributed by atoms with E-state index in [-0.39, 0.29) is 5.60 Å². The molecule has 2 rings (SSSR count). The molecule has 0 aromatic rings. The smallest absolute Gasteiger partial charge is 0.101 e. The molecule has 0 radical (unpaired) electrons. The van der Waals surface area contributed by atoms with Crippen LogP contribution in [0.15, 0.2) is 12.2 Å². The highest BCUT2D eigenvalue weighted by Gasteiger charge is 2.62. The normalized spacial score (nSPS) is 45.2. The van der Waals surface area contributed by atoms with Crippen molar-refractivity contribution in [2.45, 2.75) is 51.2 Å². The Morgan fingerprint density at radius 2 is 2.25 bits per heavy atom. The van der Waals surface area contributed by atoms with Crippen LogP contribution in [-0.4, -0.2) is 11.7 Å². The largest absolute Gasteiger partial charge is 0.365 e. The van der Waals surface area contributed by atoms with E-state index in [0.29, 0.717) is 6.10 Å². The fourth-order valence-electron chi connectivity index (χ4n) is 2.43. The Balaban J connectivity index is 1.91. The maximum atomic E-state index is 5.75. The quantitative estimate of drug-likeness (QED) is 0.464. The van der Waals surface area contributed by atoms with Crippen molar-refractivity contribution in [3.05, 3.63) is 12.2 Å². The maximum Gasteiger partial charge on any atom is 0.101 e. The zero-order valence-electron chi connectivity index (χ0n) is 8.05. The molecule has 1 heterocycles. The van der Waals surface area contributed by atoms with Crippen molar-refractivity contribution >= 4 is 0 Å². The second-order valence-corrected chi connectivity index (χ2v) is 4.12. The fourth-order valence-corrected chi connectivity index (χ4v) is 2.43. The van der Waals surface area contributed by atoms with Gasteiger partial charge in [0.15, 0.2) is 0 Å². The molecule has 3 atom stereocenters. The van der Waals surface area contributed by atoms with Crippen molar-refractivity contribution in [3.8, 4) is 0 Å². The Kier molecular flexibility index (Phi) is 1.99. The van der Waals surface area contributed by atoms with E-state index in [9.17, 15) is 0 Å². The Hall–Kier alpha value is -0.300. The molecule has 68 valence electrons. The number of epoxide rings is 1. The van der Waals surface area contributed by atoms with Crippen LogP contribution in [0.4, 0.5) is 0 Å². The van der Waals surface area contributed by atoms with Crippen molar-refractivity contribution in [3.63, 3.8) is 0 Å². The summed E-state index contributed by atoms with van der Waals surface area (Å²) in [4.78, 5) is 0. The van der Waals surface area contributed by atoms with Gasteiger partial charge in [-0.1, -0.05) is 26.0 Å². The van der Waals surface area contributed by atoms with E-state index in [2.05, 4.69) is 26.0 Å². The number of hydrogen-bond acceptors (Lipinski definition) is 1. The van der Waals surface area contributed by atoms with Crippen LogP contribution in [0, 0.1) is 5.92 Å². The summed E-state index contributed by atoms with van der Waals surface area (Å²) in [6.45, 7) is 4.50. The van der Waals surface area contributed by atoms with Crippen LogP contribution in [0.1, 0.15) is 39.5 Å². The van der Waals surface area contributed by atoms with Gasteiger partial charge in [0.1, 0.15) is 5.60 Å². The zero-order chi connectivity index (χ0) is 8.60. The minimum Gasteiger partial charge on any atom is -0.365 e. The van der Waals surface area contributed by atoms with Gasteiger partial charge in [-0.2, -0.15) is 0 Å². The standard InChI is InChI=1S/C11H18O/c1-3-4-5-8-11-9(2)6-7-10(11)12-11/h4-5,9-10H,3,6-8H2,1-2H3/t9-,10-,11+/m1/s1. The monoisotopic (exact) mass is 166 g/mol. The van der Waals surface area contributed by atoms with Gasteiger partial charge in [0.05, 0.1) is 6.10 Å². The predicted molar refractivity (Wildman–Crippen MR) is 50.1 cm³/mol. The minimum absolute atomic E-state index is 0.283. The third kappa shape index (κ3) is 1.11. The predicted octanol–water partition coefficient (Wildman–Crippen LogP) is 2.91. The average Bonchev–Trinajstić information content (AvgIpc) is 2.70. The third-order valence-electron chi connectivity index (χ3n) is 3.38. The lowest BCUT2D eigenvalue weighted by Crippen LogP contribution is -2.17. The number of fused-ring (bicyclic) bond motifs is 1. The first-order valence-electron chi connectivity index (χ1n) is 5.12. The second-order valence-electron chi connectivity index (χ2n) is 4.12. The number of ether oxygens (including phenoxy) is 1. The Morgan fingerprint density at radius 1 is 1.42 bits per heavy atom. The van der Waals surface area contributed by atoms with Gasteiger partial charge < -0.3 is 4.74 Å². The van der Waals surface area contributed by atoms with E-state index < -0.39 is 0 Å². The van der Waals surface area contributed by atoms with Gasteiger partial charge in [0.25, 0.3) is 0 Å². The van der Waals surface area contributed by atoms with Crippen LogP contribution in [0.25, 0.3) is 0 Å². The van der Waals surface area contributed by atoms with Crippen molar-refractivity contribution in [1.82, 2.24) is 0 Å². The molecule has 1 heteroatoms. The van der Waals surface area contributed by atoms with Gasteiger partial charge in [-0.25, -0.2) is 0 Å². The maximum absolute atomic E-state index is 5.75. The van der Waals surface area contributed by atoms with Crippen LogP contribution in [-0.2, 0) is 4.74 Å². The molecule has 1 aliphatic heterocycles. The summed E-state index contributed by atoms with van der Waals surface area (Å²) in [5.74, 6) is 0.781. The van der Waals surface area contributed by atoms with Gasteiger partial charge in [-0.05, 0) is 31.6 Å². The lowest BCUT2D eigenvalue weighted by Gasteiger charge is -2.13. The summed E-state index contributed by atoms with van der Waals surface area (Å²) in [6, 6.07) is 0. The first-order chi connectivity index (χ1) is 5.79. The van der Waals surface area contributed by atoms with Crippen LogP contribution in [0.5, 0.6) is 0 Å². The van der Waals surface area contributed by atoms with E-state index in [1.165, 1.54) is 12.8 Å². The number of rotatable bonds is 3. The van der Waals surface area contributed by atoms with Crippen molar-refractivity contribution in [2.75, 3.05) is 0 Å². The number of allylic oxidation sites excluding steroid dienone is 1. The van der Waals surface area contributed by atoms with Gasteiger partial charge in [0, 0.05) is 0 Å². The molecule has 0 unspecified atom stereocenters. The van der Waals surface area contributed by atoms with E-state index in [4.69, 9.17) is 4.74 Å². The molecule has 0 N–H and O–H groups in total. The highest BCUT2D eigenvalue weighted by molar-refractivity contribution is 5.14. The van der Waals surface area contributed by atoms with Gasteiger partial charge in [-0.15, -0.1) is 0 Å². The Morgan fingerprint density at radius 3 is 2.75 bits per heavy atom. The molecule has 0 amide bonds. The summed E-state index contributed by atoms with van der Waals surface area (Å²) < 4.78 is 5.75. The van der Waals surface area contributed by atoms with Gasteiger partial charge in [-0.3, -0.25) is 0 Å². The van der Waals surface area contributed by atoms with Crippen LogP contribution < -0.4 is 0 Å². The number of hydrogen-bond donors (Lipinski definition) is 0. The first-order valence-corrected chi connectivity index (χ1v) is 5.12. The average molecular weight is 166 g/mol. The molecule has 1 aliphatic carbocycles. The molecule has 2 aliphatic rings. The molecule has 12 heavy (non-hydrogen) atoms. The minimum atomic E-state index is 0.283. The molecule has 0 spiro atoms. The van der Waals surface area contributed by atoms with E-state index >= 15 is 0 Å². The van der Waals surface area contributed by atoms with E-state index in [1.807, 2.05) is 0 Å². The third-order valence-corrected chi connectivity index (χ3v) is 3.38. The lowest BCUT2D eigenvalue weighted by molar-refractivity contribution is 0.198. The van der Waals surface area contributed by atoms with Gasteiger partial charge in [0.2, 0.25) is 0 Å². The molecule has 0 aromatic heterocycles. The molecule has 1 saturated heterocycles. The highest BCUT2D eigenvalue weighted by atomic mass is 16.6. The molecule has 0 aromatic carbocycles. The van der Waals surface area contributed by atoms with Crippen molar-refractivity contribution in [1.29, 1.82) is 0 Å². The molecule has 1 saturated carbocycles. The molecule has 1 nitrogen and oxygen atoms in total. The van der Waals surface area contributed by atoms with E-state index in [0.717, 1.165) is 18.8 Å². The molecular weight excluding hydrogens is 148 g/mol. The van der Waals surface area contributed by atoms with E-state index in [1.54, 1.807) is 0 Å². The highest BCUT2D eigenvalue weighted by Crippen LogP contribution is 2.55. The topological polar surface area (TPSA) is 12.5 Å². The second kappa shape index (κ2) is 2.88. The Bertz CT molecular complexity index is 197. The lowest BCUT2D eigenvalue weighted by atomic mass is 9.93. The summed E-state index contributed by atoms with van der Waals surface area (Å²) in [7, 11) is 0. The summed E-state index contributed by atoms with van der Waals surface area (Å²) in [6.07, 6.45) is 10.1. The van der Waals surface area contributed by atoms with Crippen molar-refractivity contribution < 1.29 is 4.74 Å². The Labute approximate surface area is 74.8 Å². The SMILES string of the molecule is CCC=CC[C@@]12O[C@@H]1CC[C@H]2C. The fraction of sp³-hybridized carbons (Fsp3) is 0.818. The summed E-state index contributed by atoms with van der Waals surface area (Å²) in [5.41, 5.74) is 0.283. The van der Waals surface area contributed by atoms with Crippen LogP contribution in [0.2, 0.25) is 0 Å². The summed E-state index contributed by atoms with van der Waals surface area (Å²) >= 11 is 0. The van der Waals surface area contributed by atoms with Crippen LogP contribution >= 0.6 is 0 Å².